The fourth-order valence-corrected chi connectivity index (χ4v) is 7.06. The largest absolute Gasteiger partial charge is 0.460 e. The molecule has 42 heavy (non-hydrogen) atoms. The highest BCUT2D eigenvalue weighted by molar-refractivity contribution is 7.14. The van der Waals surface area contributed by atoms with E-state index in [1.807, 2.05) is 18.2 Å². The standard InChI is InChI=1S/C30H37N7O4S/c1-40-16-13-31-27(38)24-17-20(18-37-21-4-5-22(37)7-6-21)3-8-25(24)34-28(39)26-19-42-30(35-26)36-14-9-23(10-15-36)41-29-32-11-2-12-33-29/h2-3,8,11-12,17,19,21-23H,4-7,9-10,13-16,18H2,1H3,(H,31,38)(H,34,39). The number of piperidine rings is 1. The third-order valence-electron chi connectivity index (χ3n) is 8.39. The number of amides is 2. The van der Waals surface area contributed by atoms with Crippen LogP contribution in [0.25, 0.3) is 0 Å². The van der Waals surface area contributed by atoms with Gasteiger partial charge in [-0.2, -0.15) is 0 Å². The van der Waals surface area contributed by atoms with Crippen molar-refractivity contribution in [3.8, 4) is 6.01 Å². The molecule has 0 aliphatic carbocycles. The van der Waals surface area contributed by atoms with Gasteiger partial charge in [-0.25, -0.2) is 15.0 Å². The molecule has 0 radical (unpaired) electrons. The van der Waals surface area contributed by atoms with Gasteiger partial charge in [0.05, 0.1) is 17.9 Å². The number of hydrogen-bond donors (Lipinski definition) is 2. The number of nitrogens with zero attached hydrogens (tertiary/aromatic N) is 5. The van der Waals surface area contributed by atoms with Crippen molar-refractivity contribution in [3.05, 3.63) is 58.9 Å². The monoisotopic (exact) mass is 591 g/mol. The van der Waals surface area contributed by atoms with Gasteiger partial charge < -0.3 is 25.0 Å². The topological polar surface area (TPSA) is 122 Å². The predicted octanol–water partition coefficient (Wildman–Crippen LogP) is 3.74. The van der Waals surface area contributed by atoms with Gasteiger partial charge in [0.2, 0.25) is 0 Å². The first-order chi connectivity index (χ1) is 20.6. The minimum Gasteiger partial charge on any atom is -0.460 e. The van der Waals surface area contributed by atoms with Gasteiger partial charge >= 0.3 is 6.01 Å². The molecule has 6 rings (SSSR count). The van der Waals surface area contributed by atoms with Gasteiger partial charge in [0, 0.05) is 76.0 Å². The molecule has 12 heteroatoms. The number of ether oxygens (including phenoxy) is 2. The highest BCUT2D eigenvalue weighted by Gasteiger charge is 2.39. The van der Waals surface area contributed by atoms with E-state index in [0.29, 0.717) is 48.2 Å². The maximum absolute atomic E-state index is 13.3. The quantitative estimate of drug-likeness (QED) is 0.321. The Balaban J connectivity index is 1.10. The Bertz CT molecular complexity index is 1360. The Morgan fingerprint density at radius 3 is 2.48 bits per heavy atom. The number of hydrogen-bond acceptors (Lipinski definition) is 10. The lowest BCUT2D eigenvalue weighted by Crippen LogP contribution is -2.38. The van der Waals surface area contributed by atoms with E-state index in [4.69, 9.17) is 9.47 Å². The Morgan fingerprint density at radius 1 is 1.02 bits per heavy atom. The summed E-state index contributed by atoms with van der Waals surface area (Å²) in [6, 6.07) is 9.20. The molecule has 3 aliphatic heterocycles. The molecule has 2 aromatic heterocycles. The maximum Gasteiger partial charge on any atom is 0.316 e. The summed E-state index contributed by atoms with van der Waals surface area (Å²) in [5.41, 5.74) is 2.32. The average molecular weight is 592 g/mol. The Morgan fingerprint density at radius 2 is 1.76 bits per heavy atom. The SMILES string of the molecule is COCCNC(=O)c1cc(CN2C3CCC2CC3)ccc1NC(=O)c1csc(N2CCC(Oc3ncccn3)CC2)n1. The Kier molecular flexibility index (Phi) is 8.92. The highest BCUT2D eigenvalue weighted by Crippen LogP contribution is 2.38. The van der Waals surface area contributed by atoms with Crippen molar-refractivity contribution < 1.29 is 19.1 Å². The summed E-state index contributed by atoms with van der Waals surface area (Å²) >= 11 is 1.44. The van der Waals surface area contributed by atoms with Crippen LogP contribution in [0.1, 0.15) is 64.9 Å². The van der Waals surface area contributed by atoms with E-state index in [1.54, 1.807) is 30.9 Å². The molecule has 2 bridgehead atoms. The van der Waals surface area contributed by atoms with Gasteiger partial charge in [0.25, 0.3) is 11.8 Å². The molecule has 1 aromatic carbocycles. The number of thiazole rings is 1. The van der Waals surface area contributed by atoms with Crippen molar-refractivity contribution >= 4 is 34.0 Å². The highest BCUT2D eigenvalue weighted by atomic mass is 32.1. The van der Waals surface area contributed by atoms with Crippen LogP contribution in [0.3, 0.4) is 0 Å². The molecule has 5 heterocycles. The van der Waals surface area contributed by atoms with Crippen LogP contribution in [0, 0.1) is 0 Å². The van der Waals surface area contributed by atoms with E-state index in [1.165, 1.54) is 37.0 Å². The fourth-order valence-electron chi connectivity index (χ4n) is 6.20. The summed E-state index contributed by atoms with van der Waals surface area (Å²) in [5, 5.41) is 8.41. The van der Waals surface area contributed by atoms with Gasteiger partial charge in [-0.1, -0.05) is 6.07 Å². The first-order valence-electron chi connectivity index (χ1n) is 14.7. The summed E-state index contributed by atoms with van der Waals surface area (Å²) in [7, 11) is 1.60. The molecule has 3 aliphatic rings. The Hall–Kier alpha value is -3.61. The van der Waals surface area contributed by atoms with Crippen molar-refractivity contribution in [1.82, 2.24) is 25.2 Å². The zero-order valence-electron chi connectivity index (χ0n) is 23.8. The zero-order chi connectivity index (χ0) is 28.9. The van der Waals surface area contributed by atoms with Gasteiger partial charge in [-0.05, 0) is 49.4 Å². The van der Waals surface area contributed by atoms with Crippen molar-refractivity contribution in [1.29, 1.82) is 0 Å². The third kappa shape index (κ3) is 6.55. The number of rotatable bonds is 11. The fraction of sp³-hybridized carbons (Fsp3) is 0.500. The number of benzene rings is 1. The van der Waals surface area contributed by atoms with Crippen LogP contribution in [-0.2, 0) is 11.3 Å². The first kappa shape index (κ1) is 28.5. The van der Waals surface area contributed by atoms with E-state index in [0.717, 1.165) is 43.2 Å². The number of methoxy groups -OCH3 is 1. The molecule has 3 saturated heterocycles. The predicted molar refractivity (Wildman–Crippen MR) is 160 cm³/mol. The number of carbonyl (C=O) groups is 2. The molecule has 222 valence electrons. The number of anilines is 2. The Labute approximate surface area is 249 Å². The lowest BCUT2D eigenvalue weighted by molar-refractivity contribution is 0.0937. The zero-order valence-corrected chi connectivity index (χ0v) is 24.6. The van der Waals surface area contributed by atoms with Crippen LogP contribution in [0.15, 0.2) is 42.0 Å². The summed E-state index contributed by atoms with van der Waals surface area (Å²) in [6.07, 6.45) is 10.0. The smallest absolute Gasteiger partial charge is 0.316 e. The average Bonchev–Trinajstić information content (AvgIpc) is 3.76. The summed E-state index contributed by atoms with van der Waals surface area (Å²) in [5.74, 6) is -0.577. The van der Waals surface area contributed by atoms with Gasteiger partial charge in [-0.15, -0.1) is 11.3 Å². The molecule has 2 N–H and O–H groups in total. The molecular formula is C30H37N7O4S. The number of fused-ring (bicyclic) bond motifs is 2. The molecule has 11 nitrogen and oxygen atoms in total. The molecule has 3 fully saturated rings. The molecule has 0 saturated carbocycles. The van der Waals surface area contributed by atoms with E-state index < -0.39 is 0 Å². The van der Waals surface area contributed by atoms with E-state index in [9.17, 15) is 9.59 Å². The summed E-state index contributed by atoms with van der Waals surface area (Å²) in [4.78, 5) is 44.1. The van der Waals surface area contributed by atoms with E-state index >= 15 is 0 Å². The van der Waals surface area contributed by atoms with Crippen LogP contribution >= 0.6 is 11.3 Å². The molecule has 0 spiro atoms. The second-order valence-electron chi connectivity index (χ2n) is 11.1. The van der Waals surface area contributed by atoms with Crippen LogP contribution in [0.2, 0.25) is 0 Å². The summed E-state index contributed by atoms with van der Waals surface area (Å²) < 4.78 is 11.0. The lowest BCUT2D eigenvalue weighted by Gasteiger charge is -2.31. The van der Waals surface area contributed by atoms with Crippen molar-refractivity contribution in [2.24, 2.45) is 0 Å². The molecule has 3 aromatic rings. The molecule has 0 unspecified atom stereocenters. The molecular weight excluding hydrogens is 554 g/mol. The van der Waals surface area contributed by atoms with E-state index in [2.05, 4.69) is 35.4 Å². The van der Waals surface area contributed by atoms with Crippen LogP contribution < -0.4 is 20.3 Å². The number of nitrogens with one attached hydrogen (secondary N) is 2. The maximum atomic E-state index is 13.3. The van der Waals surface area contributed by atoms with E-state index in [-0.39, 0.29) is 17.9 Å². The lowest BCUT2D eigenvalue weighted by atomic mass is 10.0. The third-order valence-corrected chi connectivity index (χ3v) is 9.29. The van der Waals surface area contributed by atoms with Crippen LogP contribution in [0.4, 0.5) is 10.8 Å². The van der Waals surface area contributed by atoms with Crippen molar-refractivity contribution in [2.75, 3.05) is 43.6 Å². The molecule has 2 amide bonds. The van der Waals surface area contributed by atoms with Gasteiger partial charge in [0.15, 0.2) is 5.13 Å². The van der Waals surface area contributed by atoms with Crippen LogP contribution in [0.5, 0.6) is 6.01 Å². The second kappa shape index (κ2) is 13.1. The normalized spacial score (nSPS) is 20.5. The van der Waals surface area contributed by atoms with Gasteiger partial charge in [-0.3, -0.25) is 14.5 Å². The number of aromatic nitrogens is 3. The van der Waals surface area contributed by atoms with Crippen LogP contribution in [-0.4, -0.2) is 83.2 Å². The minimum atomic E-state index is -0.340. The summed E-state index contributed by atoms with van der Waals surface area (Å²) in [6.45, 7) is 3.14. The second-order valence-corrected chi connectivity index (χ2v) is 11.9. The van der Waals surface area contributed by atoms with Gasteiger partial charge in [0.1, 0.15) is 11.8 Å². The minimum absolute atomic E-state index is 0.0449. The molecule has 0 atom stereocenters. The first-order valence-corrected chi connectivity index (χ1v) is 15.6. The van der Waals surface area contributed by atoms with Crippen molar-refractivity contribution in [3.63, 3.8) is 0 Å². The van der Waals surface area contributed by atoms with Crippen molar-refractivity contribution in [2.45, 2.75) is 63.3 Å². The number of carbonyl (C=O) groups excluding carboxylic acids is 2.